The Morgan fingerprint density at radius 1 is 1.19 bits per heavy atom. The molecule has 2 N–H and O–H groups in total. The Bertz CT molecular complexity index is 826. The molecular formula is C19H24ClN5OS. The van der Waals surface area contributed by atoms with Gasteiger partial charge in [0.05, 0.1) is 10.8 Å². The molecule has 2 heterocycles. The SMILES string of the molecule is Nn1c(SCC(=O)N2CC[C@@H]3CCCC[C@@H]3C2)nnc1-c1ccccc1Cl. The second kappa shape index (κ2) is 8.10. The number of thioether (sulfide) groups is 1. The first-order chi connectivity index (χ1) is 13.1. The molecule has 144 valence electrons. The number of rotatable bonds is 4. The van der Waals surface area contributed by atoms with Crippen LogP contribution < -0.4 is 5.84 Å². The number of piperidine rings is 1. The van der Waals surface area contributed by atoms with Crippen LogP contribution in [0.4, 0.5) is 0 Å². The summed E-state index contributed by atoms with van der Waals surface area (Å²) in [6.07, 6.45) is 6.40. The van der Waals surface area contributed by atoms with Crippen LogP contribution in [0.15, 0.2) is 29.4 Å². The molecule has 0 unspecified atom stereocenters. The molecule has 6 nitrogen and oxygen atoms in total. The van der Waals surface area contributed by atoms with E-state index in [1.165, 1.54) is 42.1 Å². The molecule has 0 radical (unpaired) electrons. The molecular weight excluding hydrogens is 382 g/mol. The third-order valence-electron chi connectivity index (χ3n) is 5.75. The Hall–Kier alpha value is -1.73. The van der Waals surface area contributed by atoms with Crippen molar-refractivity contribution in [2.24, 2.45) is 11.8 Å². The van der Waals surface area contributed by atoms with Crippen molar-refractivity contribution < 1.29 is 4.79 Å². The van der Waals surface area contributed by atoms with E-state index < -0.39 is 0 Å². The average molecular weight is 406 g/mol. The topological polar surface area (TPSA) is 77.0 Å². The number of nitrogens with two attached hydrogens (primary N) is 1. The lowest BCUT2D eigenvalue weighted by molar-refractivity contribution is -0.131. The monoisotopic (exact) mass is 405 g/mol. The maximum absolute atomic E-state index is 12.7. The normalized spacial score (nSPS) is 22.5. The molecule has 1 saturated carbocycles. The minimum Gasteiger partial charge on any atom is -0.342 e. The Kier molecular flexibility index (Phi) is 5.59. The van der Waals surface area contributed by atoms with Crippen LogP contribution >= 0.6 is 23.4 Å². The van der Waals surface area contributed by atoms with Gasteiger partial charge in [-0.2, -0.15) is 0 Å². The lowest BCUT2D eigenvalue weighted by atomic mass is 9.75. The number of nitrogen functional groups attached to an aromatic ring is 1. The van der Waals surface area contributed by atoms with Crippen molar-refractivity contribution in [1.29, 1.82) is 0 Å². The summed E-state index contributed by atoms with van der Waals surface area (Å²) in [5.74, 6) is 8.64. The minimum absolute atomic E-state index is 0.159. The minimum atomic E-state index is 0.159. The summed E-state index contributed by atoms with van der Waals surface area (Å²) < 4.78 is 1.41. The molecule has 1 aromatic heterocycles. The molecule has 1 saturated heterocycles. The number of likely N-dealkylation sites (tertiary alicyclic amines) is 1. The number of hydrogen-bond acceptors (Lipinski definition) is 5. The number of benzene rings is 1. The van der Waals surface area contributed by atoms with Gasteiger partial charge in [-0.3, -0.25) is 4.79 Å². The zero-order chi connectivity index (χ0) is 18.8. The van der Waals surface area contributed by atoms with Gasteiger partial charge in [0.15, 0.2) is 5.82 Å². The van der Waals surface area contributed by atoms with Crippen molar-refractivity contribution >= 4 is 29.3 Å². The highest BCUT2D eigenvalue weighted by atomic mass is 35.5. The Morgan fingerprint density at radius 3 is 2.78 bits per heavy atom. The maximum atomic E-state index is 12.7. The first-order valence-electron chi connectivity index (χ1n) is 9.49. The lowest BCUT2D eigenvalue weighted by Gasteiger charge is -2.41. The van der Waals surface area contributed by atoms with Crippen LogP contribution in [0.2, 0.25) is 5.02 Å². The van der Waals surface area contributed by atoms with E-state index in [0.717, 1.165) is 31.0 Å². The van der Waals surface area contributed by atoms with Crippen LogP contribution in [-0.4, -0.2) is 44.5 Å². The fourth-order valence-corrected chi connectivity index (χ4v) is 5.23. The Morgan fingerprint density at radius 2 is 1.96 bits per heavy atom. The molecule has 0 bridgehead atoms. The molecule has 1 aliphatic heterocycles. The zero-order valence-electron chi connectivity index (χ0n) is 15.2. The predicted octanol–water partition coefficient (Wildman–Crippen LogP) is 3.44. The van der Waals surface area contributed by atoms with E-state index in [4.69, 9.17) is 17.4 Å². The molecule has 1 aliphatic carbocycles. The second-order valence-electron chi connectivity index (χ2n) is 7.38. The molecule has 1 amide bonds. The van der Waals surface area contributed by atoms with E-state index in [1.807, 2.05) is 23.1 Å². The summed E-state index contributed by atoms with van der Waals surface area (Å²) in [5, 5.41) is 9.37. The summed E-state index contributed by atoms with van der Waals surface area (Å²) in [6, 6.07) is 7.37. The van der Waals surface area contributed by atoms with Crippen molar-refractivity contribution in [3.63, 3.8) is 0 Å². The standard InChI is InChI=1S/C19H24ClN5OS/c20-16-8-4-3-7-15(16)18-22-23-19(25(18)21)27-12-17(26)24-10-9-13-5-1-2-6-14(13)11-24/h3-4,7-8,13-14H,1-2,5-6,9-12,21H2/t13-,14+/m0/s1. The molecule has 0 spiro atoms. The Labute approximate surface area is 168 Å². The van der Waals surface area contributed by atoms with Crippen LogP contribution in [0.1, 0.15) is 32.1 Å². The highest BCUT2D eigenvalue weighted by Gasteiger charge is 2.32. The van der Waals surface area contributed by atoms with Crippen LogP contribution in [0, 0.1) is 11.8 Å². The quantitative estimate of drug-likeness (QED) is 0.622. The number of aromatic nitrogens is 3. The zero-order valence-corrected chi connectivity index (χ0v) is 16.8. The van der Waals surface area contributed by atoms with Gasteiger partial charge in [0.2, 0.25) is 11.1 Å². The van der Waals surface area contributed by atoms with Gasteiger partial charge in [-0.15, -0.1) is 10.2 Å². The van der Waals surface area contributed by atoms with Gasteiger partial charge in [-0.1, -0.05) is 54.8 Å². The smallest absolute Gasteiger partial charge is 0.233 e. The number of amides is 1. The number of halogens is 1. The van der Waals surface area contributed by atoms with Crippen LogP contribution in [0.25, 0.3) is 11.4 Å². The fourth-order valence-electron chi connectivity index (χ4n) is 4.25. The van der Waals surface area contributed by atoms with Crippen molar-refractivity contribution in [1.82, 2.24) is 19.8 Å². The molecule has 2 aliphatic rings. The Balaban J connectivity index is 1.38. The fraction of sp³-hybridized carbons (Fsp3) is 0.526. The largest absolute Gasteiger partial charge is 0.342 e. The van der Waals surface area contributed by atoms with E-state index in [9.17, 15) is 4.79 Å². The third-order valence-corrected chi connectivity index (χ3v) is 7.01. The predicted molar refractivity (Wildman–Crippen MR) is 108 cm³/mol. The number of carbonyl (C=O) groups is 1. The molecule has 2 aromatic rings. The number of carbonyl (C=O) groups excluding carboxylic acids is 1. The van der Waals surface area contributed by atoms with Crippen molar-refractivity contribution in [2.75, 3.05) is 24.7 Å². The summed E-state index contributed by atoms with van der Waals surface area (Å²) in [7, 11) is 0. The summed E-state index contributed by atoms with van der Waals surface area (Å²) >= 11 is 7.55. The summed E-state index contributed by atoms with van der Waals surface area (Å²) in [5.41, 5.74) is 0.728. The molecule has 2 fully saturated rings. The lowest BCUT2D eigenvalue weighted by Crippen LogP contribution is -2.45. The molecule has 2 atom stereocenters. The van der Waals surface area contributed by atoms with Crippen molar-refractivity contribution in [3.05, 3.63) is 29.3 Å². The van der Waals surface area contributed by atoms with E-state index in [0.29, 0.717) is 27.7 Å². The molecule has 1 aromatic carbocycles. The van der Waals surface area contributed by atoms with Gasteiger partial charge in [-0.25, -0.2) is 4.68 Å². The highest BCUT2D eigenvalue weighted by Crippen LogP contribution is 2.36. The van der Waals surface area contributed by atoms with E-state index in [1.54, 1.807) is 6.07 Å². The number of nitrogens with zero attached hydrogens (tertiary/aromatic N) is 4. The van der Waals surface area contributed by atoms with Gasteiger partial charge in [0.1, 0.15) is 0 Å². The van der Waals surface area contributed by atoms with Crippen LogP contribution in [0.3, 0.4) is 0 Å². The maximum Gasteiger partial charge on any atom is 0.233 e. The first-order valence-corrected chi connectivity index (χ1v) is 10.9. The van der Waals surface area contributed by atoms with Crippen LogP contribution in [-0.2, 0) is 4.79 Å². The van der Waals surface area contributed by atoms with Gasteiger partial charge in [0.25, 0.3) is 0 Å². The van der Waals surface area contributed by atoms with Gasteiger partial charge in [0, 0.05) is 18.7 Å². The third kappa shape index (κ3) is 3.94. The highest BCUT2D eigenvalue weighted by molar-refractivity contribution is 7.99. The summed E-state index contributed by atoms with van der Waals surface area (Å²) in [4.78, 5) is 14.7. The number of hydrogen-bond donors (Lipinski definition) is 1. The van der Waals surface area contributed by atoms with E-state index >= 15 is 0 Å². The van der Waals surface area contributed by atoms with Crippen LogP contribution in [0.5, 0.6) is 0 Å². The number of fused-ring (bicyclic) bond motifs is 1. The molecule has 4 rings (SSSR count). The van der Waals surface area contributed by atoms with Crippen molar-refractivity contribution in [3.8, 4) is 11.4 Å². The van der Waals surface area contributed by atoms with Gasteiger partial charge in [-0.05, 0) is 36.8 Å². The van der Waals surface area contributed by atoms with Gasteiger partial charge >= 0.3 is 0 Å². The average Bonchev–Trinajstić information content (AvgIpc) is 3.06. The van der Waals surface area contributed by atoms with Crippen molar-refractivity contribution in [2.45, 2.75) is 37.3 Å². The first kappa shape index (κ1) is 18.6. The second-order valence-corrected chi connectivity index (χ2v) is 8.73. The molecule has 8 heteroatoms. The van der Waals surface area contributed by atoms with Gasteiger partial charge < -0.3 is 10.7 Å². The van der Waals surface area contributed by atoms with E-state index in [2.05, 4.69) is 10.2 Å². The summed E-state index contributed by atoms with van der Waals surface area (Å²) in [6.45, 7) is 1.78. The molecule has 27 heavy (non-hydrogen) atoms. The van der Waals surface area contributed by atoms with E-state index in [-0.39, 0.29) is 5.91 Å².